The van der Waals surface area contributed by atoms with E-state index in [0.29, 0.717) is 0 Å². The average molecular weight is 143 g/mol. The standard InChI is InChI=1S/C6H9NO3/c1-10-6(9)5(4-7)2-3-8/h5,8H,2-3H2,1H3. The van der Waals surface area contributed by atoms with Crippen molar-refractivity contribution in [3.05, 3.63) is 0 Å². The number of methoxy groups -OCH3 is 1. The molecule has 4 nitrogen and oxygen atoms in total. The summed E-state index contributed by atoms with van der Waals surface area (Å²) in [7, 11) is 1.21. The maximum atomic E-state index is 10.6. The predicted octanol–water partition coefficient (Wildman–Crippen LogP) is -0.318. The zero-order valence-corrected chi connectivity index (χ0v) is 5.70. The molecule has 0 aromatic heterocycles. The van der Waals surface area contributed by atoms with Crippen LogP contribution in [-0.4, -0.2) is 24.8 Å². The number of hydrogen-bond donors (Lipinski definition) is 1. The minimum atomic E-state index is -0.824. The maximum absolute atomic E-state index is 10.6. The van der Waals surface area contributed by atoms with Gasteiger partial charge in [-0.05, 0) is 6.42 Å². The van der Waals surface area contributed by atoms with E-state index in [9.17, 15) is 4.79 Å². The number of hydrogen-bond acceptors (Lipinski definition) is 4. The lowest BCUT2D eigenvalue weighted by Gasteiger charge is -2.02. The molecule has 0 amide bonds. The normalized spacial score (nSPS) is 11.7. The Kier molecular flexibility index (Phi) is 4.25. The lowest BCUT2D eigenvalue weighted by Crippen LogP contribution is -2.15. The highest BCUT2D eigenvalue weighted by molar-refractivity contribution is 5.74. The Morgan fingerprint density at radius 1 is 1.90 bits per heavy atom. The number of carbonyl (C=O) groups is 1. The Labute approximate surface area is 59.0 Å². The van der Waals surface area contributed by atoms with Crippen molar-refractivity contribution in [2.45, 2.75) is 6.42 Å². The molecule has 56 valence electrons. The highest BCUT2D eigenvalue weighted by Gasteiger charge is 2.16. The van der Waals surface area contributed by atoms with Crippen LogP contribution in [0.4, 0.5) is 0 Å². The van der Waals surface area contributed by atoms with Crippen LogP contribution >= 0.6 is 0 Å². The van der Waals surface area contributed by atoms with Gasteiger partial charge in [-0.2, -0.15) is 5.26 Å². The van der Waals surface area contributed by atoms with Crippen LogP contribution in [0.15, 0.2) is 0 Å². The first-order chi connectivity index (χ1) is 4.76. The Morgan fingerprint density at radius 2 is 2.50 bits per heavy atom. The van der Waals surface area contributed by atoms with E-state index in [0.717, 1.165) is 0 Å². The Balaban J connectivity index is 3.84. The fourth-order valence-corrected chi connectivity index (χ4v) is 0.506. The number of aliphatic hydroxyl groups is 1. The van der Waals surface area contributed by atoms with Gasteiger partial charge in [0.05, 0.1) is 13.2 Å². The van der Waals surface area contributed by atoms with Crippen LogP contribution in [0.1, 0.15) is 6.42 Å². The van der Waals surface area contributed by atoms with Gasteiger partial charge in [-0.1, -0.05) is 0 Å². The third-order valence-electron chi connectivity index (χ3n) is 1.06. The van der Waals surface area contributed by atoms with Crippen molar-refractivity contribution in [1.82, 2.24) is 0 Å². The van der Waals surface area contributed by atoms with E-state index in [-0.39, 0.29) is 13.0 Å². The Morgan fingerprint density at radius 3 is 2.80 bits per heavy atom. The first kappa shape index (κ1) is 8.92. The van der Waals surface area contributed by atoms with Crippen molar-refractivity contribution >= 4 is 5.97 Å². The van der Waals surface area contributed by atoms with Gasteiger partial charge >= 0.3 is 5.97 Å². The molecule has 4 heteroatoms. The van der Waals surface area contributed by atoms with Crippen molar-refractivity contribution in [2.24, 2.45) is 5.92 Å². The van der Waals surface area contributed by atoms with Gasteiger partial charge < -0.3 is 9.84 Å². The van der Waals surface area contributed by atoms with Crippen molar-refractivity contribution in [3.63, 3.8) is 0 Å². The maximum Gasteiger partial charge on any atom is 0.323 e. The van der Waals surface area contributed by atoms with E-state index < -0.39 is 11.9 Å². The van der Waals surface area contributed by atoms with Gasteiger partial charge in [0.25, 0.3) is 0 Å². The Bertz CT molecular complexity index is 150. The van der Waals surface area contributed by atoms with E-state index in [1.165, 1.54) is 7.11 Å². The van der Waals surface area contributed by atoms with Crippen LogP contribution in [-0.2, 0) is 9.53 Å². The second-order valence-corrected chi connectivity index (χ2v) is 1.72. The molecule has 10 heavy (non-hydrogen) atoms. The molecular weight excluding hydrogens is 134 g/mol. The summed E-state index contributed by atoms with van der Waals surface area (Å²) in [4.78, 5) is 10.6. The molecule has 0 aliphatic rings. The molecule has 0 bridgehead atoms. The van der Waals surface area contributed by atoms with Crippen LogP contribution in [0.25, 0.3) is 0 Å². The number of ether oxygens (including phenoxy) is 1. The summed E-state index contributed by atoms with van der Waals surface area (Å²) in [6, 6.07) is 1.72. The number of carbonyl (C=O) groups excluding carboxylic acids is 1. The van der Waals surface area contributed by atoms with Gasteiger partial charge in [0, 0.05) is 6.61 Å². The molecule has 1 atom stereocenters. The molecule has 0 fully saturated rings. The molecule has 0 aliphatic heterocycles. The highest BCUT2D eigenvalue weighted by atomic mass is 16.5. The molecule has 0 spiro atoms. The summed E-state index contributed by atoms with van der Waals surface area (Å²) in [6.07, 6.45) is 0.142. The van der Waals surface area contributed by atoms with E-state index in [4.69, 9.17) is 10.4 Å². The summed E-state index contributed by atoms with van der Waals surface area (Å²) in [6.45, 7) is -0.173. The third kappa shape index (κ3) is 2.46. The topological polar surface area (TPSA) is 70.3 Å². The summed E-state index contributed by atoms with van der Waals surface area (Å²) in [5.41, 5.74) is 0. The summed E-state index contributed by atoms with van der Waals surface area (Å²) < 4.78 is 4.28. The van der Waals surface area contributed by atoms with Crippen LogP contribution in [0, 0.1) is 17.2 Å². The van der Waals surface area contributed by atoms with E-state index in [2.05, 4.69) is 4.74 Å². The van der Waals surface area contributed by atoms with Gasteiger partial charge in [0.15, 0.2) is 0 Å². The largest absolute Gasteiger partial charge is 0.468 e. The fourth-order valence-electron chi connectivity index (χ4n) is 0.506. The number of rotatable bonds is 3. The van der Waals surface area contributed by atoms with E-state index in [1.54, 1.807) is 6.07 Å². The number of esters is 1. The second kappa shape index (κ2) is 4.77. The number of nitriles is 1. The molecule has 1 unspecified atom stereocenters. The van der Waals surface area contributed by atoms with Crippen molar-refractivity contribution < 1.29 is 14.6 Å². The van der Waals surface area contributed by atoms with Crippen LogP contribution < -0.4 is 0 Å². The van der Waals surface area contributed by atoms with E-state index in [1.807, 2.05) is 0 Å². The summed E-state index contributed by atoms with van der Waals surface area (Å²) in [5, 5.41) is 16.7. The smallest absolute Gasteiger partial charge is 0.323 e. The SMILES string of the molecule is COC(=O)C(C#N)CCO. The zero-order valence-electron chi connectivity index (χ0n) is 5.70. The molecule has 0 saturated carbocycles. The van der Waals surface area contributed by atoms with E-state index >= 15 is 0 Å². The van der Waals surface area contributed by atoms with Crippen LogP contribution in [0.3, 0.4) is 0 Å². The zero-order chi connectivity index (χ0) is 7.98. The lowest BCUT2D eigenvalue weighted by molar-refractivity contribution is -0.143. The molecule has 0 aromatic carbocycles. The molecule has 0 saturated heterocycles. The monoisotopic (exact) mass is 143 g/mol. The van der Waals surface area contributed by atoms with Gasteiger partial charge in [-0.3, -0.25) is 4.79 Å². The third-order valence-corrected chi connectivity index (χ3v) is 1.06. The average Bonchev–Trinajstić information content (AvgIpc) is 1.99. The molecule has 0 rings (SSSR count). The highest BCUT2D eigenvalue weighted by Crippen LogP contribution is 2.01. The molecule has 0 radical (unpaired) electrons. The minimum absolute atomic E-state index is 0.142. The number of aliphatic hydroxyl groups excluding tert-OH is 1. The van der Waals surface area contributed by atoms with Gasteiger partial charge in [-0.15, -0.1) is 0 Å². The van der Waals surface area contributed by atoms with Gasteiger partial charge in [-0.25, -0.2) is 0 Å². The molecular formula is C6H9NO3. The van der Waals surface area contributed by atoms with Crippen molar-refractivity contribution in [1.29, 1.82) is 5.26 Å². The van der Waals surface area contributed by atoms with Crippen LogP contribution in [0.2, 0.25) is 0 Å². The predicted molar refractivity (Wildman–Crippen MR) is 32.8 cm³/mol. The lowest BCUT2D eigenvalue weighted by atomic mass is 10.1. The molecule has 0 aliphatic carbocycles. The van der Waals surface area contributed by atoms with Crippen molar-refractivity contribution in [2.75, 3.05) is 13.7 Å². The summed E-state index contributed by atoms with van der Waals surface area (Å²) in [5.74, 6) is -1.41. The van der Waals surface area contributed by atoms with Gasteiger partial charge in [0.1, 0.15) is 5.92 Å². The summed E-state index contributed by atoms with van der Waals surface area (Å²) >= 11 is 0. The van der Waals surface area contributed by atoms with Gasteiger partial charge in [0.2, 0.25) is 0 Å². The molecule has 1 N–H and O–H groups in total. The first-order valence-corrected chi connectivity index (χ1v) is 2.84. The molecule has 0 aromatic rings. The number of nitrogens with zero attached hydrogens (tertiary/aromatic N) is 1. The minimum Gasteiger partial charge on any atom is -0.468 e. The second-order valence-electron chi connectivity index (χ2n) is 1.72. The first-order valence-electron chi connectivity index (χ1n) is 2.84. The quantitative estimate of drug-likeness (QED) is 0.550. The van der Waals surface area contributed by atoms with Crippen LogP contribution in [0.5, 0.6) is 0 Å². The fraction of sp³-hybridized carbons (Fsp3) is 0.667. The molecule has 0 heterocycles. The Hall–Kier alpha value is -1.08. The van der Waals surface area contributed by atoms with Crippen molar-refractivity contribution in [3.8, 4) is 6.07 Å².